The lowest BCUT2D eigenvalue weighted by Gasteiger charge is -2.14. The highest BCUT2D eigenvalue weighted by Crippen LogP contribution is 2.24. The van der Waals surface area contributed by atoms with Crippen molar-refractivity contribution in [2.24, 2.45) is 0 Å². The monoisotopic (exact) mass is 512 g/mol. The summed E-state index contributed by atoms with van der Waals surface area (Å²) in [7, 11) is 0. The van der Waals surface area contributed by atoms with Crippen LogP contribution in [0, 0.1) is 0 Å². The second-order valence-corrected chi connectivity index (χ2v) is 8.33. The number of carbonyl (C=O) groups is 1. The Labute approximate surface area is 202 Å². The first-order valence-electron chi connectivity index (χ1n) is 10.4. The zero-order valence-electron chi connectivity index (χ0n) is 17.8. The molecule has 0 aromatic heterocycles. The number of benzene rings is 3. The number of hydrogen-bond acceptors (Lipinski definition) is 4. The molecule has 0 fully saturated rings. The lowest BCUT2D eigenvalue weighted by Crippen LogP contribution is -2.34. The van der Waals surface area contributed by atoms with Crippen molar-refractivity contribution in [2.75, 3.05) is 18.5 Å². The fourth-order valence-electron chi connectivity index (χ4n) is 2.92. The standard InChI is InChI=1S/C25H25BrN2O3S/c1-2-15-30-21-11-9-20(10-12-21)27-25(32)28-24(29)22-17-19(26)8-13-23(22)31-16-14-18-6-4-3-5-7-18/h3-13,17H,2,14-16H2,1H3,(H2,27,28,29,32). The van der Waals surface area contributed by atoms with E-state index in [0.29, 0.717) is 24.5 Å². The van der Waals surface area contributed by atoms with Crippen LogP contribution in [0.1, 0.15) is 29.3 Å². The first-order chi connectivity index (χ1) is 15.5. The molecular weight excluding hydrogens is 488 g/mol. The topological polar surface area (TPSA) is 59.6 Å². The van der Waals surface area contributed by atoms with Gasteiger partial charge in [0.25, 0.3) is 5.91 Å². The van der Waals surface area contributed by atoms with Gasteiger partial charge < -0.3 is 14.8 Å². The van der Waals surface area contributed by atoms with Gasteiger partial charge in [0.2, 0.25) is 0 Å². The summed E-state index contributed by atoms with van der Waals surface area (Å²) in [6, 6.07) is 22.8. The van der Waals surface area contributed by atoms with Crippen molar-refractivity contribution in [3.05, 3.63) is 88.4 Å². The first kappa shape index (κ1) is 23.8. The summed E-state index contributed by atoms with van der Waals surface area (Å²) in [4.78, 5) is 12.9. The molecule has 0 aliphatic heterocycles. The minimum atomic E-state index is -0.346. The summed E-state index contributed by atoms with van der Waals surface area (Å²) in [6.07, 6.45) is 1.69. The number of amides is 1. The molecule has 0 heterocycles. The van der Waals surface area contributed by atoms with Crippen LogP contribution < -0.4 is 20.1 Å². The molecule has 0 saturated carbocycles. The zero-order valence-corrected chi connectivity index (χ0v) is 20.2. The SMILES string of the molecule is CCCOc1ccc(NC(=S)NC(=O)c2cc(Br)ccc2OCCc2ccccc2)cc1. The molecule has 166 valence electrons. The highest BCUT2D eigenvalue weighted by atomic mass is 79.9. The molecule has 7 heteroatoms. The Balaban J connectivity index is 1.58. The molecule has 0 spiro atoms. The van der Waals surface area contributed by atoms with Crippen LogP contribution in [0.25, 0.3) is 0 Å². The van der Waals surface area contributed by atoms with E-state index in [0.717, 1.165) is 28.8 Å². The van der Waals surface area contributed by atoms with Crippen LogP contribution in [0.4, 0.5) is 5.69 Å². The van der Waals surface area contributed by atoms with Crippen LogP contribution in [0.5, 0.6) is 11.5 Å². The average molecular weight is 513 g/mol. The molecule has 0 aliphatic rings. The van der Waals surface area contributed by atoms with Gasteiger partial charge in [-0.1, -0.05) is 53.2 Å². The Morgan fingerprint density at radius 2 is 1.72 bits per heavy atom. The Morgan fingerprint density at radius 1 is 0.969 bits per heavy atom. The van der Waals surface area contributed by atoms with Crippen LogP contribution in [0.3, 0.4) is 0 Å². The van der Waals surface area contributed by atoms with Crippen LogP contribution in [0.15, 0.2) is 77.3 Å². The number of thiocarbonyl (C=S) groups is 1. The van der Waals surface area contributed by atoms with E-state index < -0.39 is 0 Å². The van der Waals surface area contributed by atoms with E-state index in [-0.39, 0.29) is 11.0 Å². The van der Waals surface area contributed by atoms with Gasteiger partial charge in [-0.3, -0.25) is 10.1 Å². The lowest BCUT2D eigenvalue weighted by molar-refractivity contribution is 0.0973. The fraction of sp³-hybridized carbons (Fsp3) is 0.200. The molecule has 32 heavy (non-hydrogen) atoms. The largest absolute Gasteiger partial charge is 0.494 e. The molecule has 3 aromatic carbocycles. The maximum atomic E-state index is 12.9. The molecule has 0 saturated heterocycles. The lowest BCUT2D eigenvalue weighted by atomic mass is 10.1. The average Bonchev–Trinajstić information content (AvgIpc) is 2.80. The number of hydrogen-bond donors (Lipinski definition) is 2. The quantitative estimate of drug-likeness (QED) is 0.345. The van der Waals surface area contributed by atoms with E-state index in [1.54, 1.807) is 12.1 Å². The van der Waals surface area contributed by atoms with Crippen molar-refractivity contribution in [3.63, 3.8) is 0 Å². The first-order valence-corrected chi connectivity index (χ1v) is 11.6. The number of rotatable bonds is 9. The third-order valence-electron chi connectivity index (χ3n) is 4.49. The smallest absolute Gasteiger partial charge is 0.261 e. The zero-order chi connectivity index (χ0) is 22.8. The molecular formula is C25H25BrN2O3S. The van der Waals surface area contributed by atoms with Crippen molar-refractivity contribution in [1.82, 2.24) is 5.32 Å². The summed E-state index contributed by atoms with van der Waals surface area (Å²) in [6.45, 7) is 3.19. The fourth-order valence-corrected chi connectivity index (χ4v) is 3.49. The highest BCUT2D eigenvalue weighted by molar-refractivity contribution is 9.10. The molecule has 5 nitrogen and oxygen atoms in total. The highest BCUT2D eigenvalue weighted by Gasteiger charge is 2.15. The minimum Gasteiger partial charge on any atom is -0.494 e. The maximum Gasteiger partial charge on any atom is 0.261 e. The van der Waals surface area contributed by atoms with E-state index in [9.17, 15) is 4.79 Å². The van der Waals surface area contributed by atoms with Gasteiger partial charge in [0.1, 0.15) is 11.5 Å². The van der Waals surface area contributed by atoms with E-state index in [4.69, 9.17) is 21.7 Å². The maximum absolute atomic E-state index is 12.9. The van der Waals surface area contributed by atoms with Gasteiger partial charge in [0.15, 0.2) is 5.11 Å². The van der Waals surface area contributed by atoms with Gasteiger partial charge in [-0.05, 0) is 66.7 Å². The molecule has 3 aromatic rings. The molecule has 0 unspecified atom stereocenters. The van der Waals surface area contributed by atoms with Crippen molar-refractivity contribution >= 4 is 44.9 Å². The predicted octanol–water partition coefficient (Wildman–Crippen LogP) is 5.99. The van der Waals surface area contributed by atoms with Crippen molar-refractivity contribution in [3.8, 4) is 11.5 Å². The number of halogens is 1. The molecule has 1 amide bonds. The molecule has 3 rings (SSSR count). The van der Waals surface area contributed by atoms with Crippen molar-refractivity contribution in [2.45, 2.75) is 19.8 Å². The van der Waals surface area contributed by atoms with Crippen LogP contribution in [0.2, 0.25) is 0 Å². The van der Waals surface area contributed by atoms with Crippen LogP contribution in [-0.2, 0) is 6.42 Å². The number of nitrogens with one attached hydrogen (secondary N) is 2. The van der Waals surface area contributed by atoms with Gasteiger partial charge in [0, 0.05) is 16.6 Å². The summed E-state index contributed by atoms with van der Waals surface area (Å²) < 4.78 is 12.3. The number of anilines is 1. The van der Waals surface area contributed by atoms with Gasteiger partial charge in [-0.15, -0.1) is 0 Å². The Kier molecular flexibility index (Phi) is 9.07. The van der Waals surface area contributed by atoms with E-state index >= 15 is 0 Å². The van der Waals surface area contributed by atoms with Gasteiger partial charge in [-0.25, -0.2) is 0 Å². The Bertz CT molecular complexity index is 1040. The second kappa shape index (κ2) is 12.2. The molecule has 2 N–H and O–H groups in total. The van der Waals surface area contributed by atoms with E-state index in [2.05, 4.69) is 33.5 Å². The van der Waals surface area contributed by atoms with Gasteiger partial charge in [-0.2, -0.15) is 0 Å². The van der Waals surface area contributed by atoms with Crippen LogP contribution in [-0.4, -0.2) is 24.2 Å². The second-order valence-electron chi connectivity index (χ2n) is 7.01. The minimum absolute atomic E-state index is 0.201. The number of carbonyl (C=O) groups excluding carboxylic acids is 1. The molecule has 0 radical (unpaired) electrons. The van der Waals surface area contributed by atoms with E-state index in [1.165, 1.54) is 5.56 Å². The summed E-state index contributed by atoms with van der Waals surface area (Å²) in [5.74, 6) is 0.946. The van der Waals surface area contributed by atoms with E-state index in [1.807, 2.05) is 60.7 Å². The summed E-state index contributed by atoms with van der Waals surface area (Å²) >= 11 is 8.73. The summed E-state index contributed by atoms with van der Waals surface area (Å²) in [5.41, 5.74) is 2.33. The third-order valence-corrected chi connectivity index (χ3v) is 5.19. The Morgan fingerprint density at radius 3 is 2.44 bits per heavy atom. The normalized spacial score (nSPS) is 10.3. The van der Waals surface area contributed by atoms with Gasteiger partial charge in [0.05, 0.1) is 18.8 Å². The van der Waals surface area contributed by atoms with Crippen LogP contribution >= 0.6 is 28.1 Å². The van der Waals surface area contributed by atoms with Crippen molar-refractivity contribution in [1.29, 1.82) is 0 Å². The van der Waals surface area contributed by atoms with Gasteiger partial charge >= 0.3 is 0 Å². The third kappa shape index (κ3) is 7.35. The molecule has 0 bridgehead atoms. The number of ether oxygens (including phenoxy) is 2. The van der Waals surface area contributed by atoms with Crippen molar-refractivity contribution < 1.29 is 14.3 Å². The molecule has 0 atom stereocenters. The predicted molar refractivity (Wildman–Crippen MR) is 136 cm³/mol. The summed E-state index contributed by atoms with van der Waals surface area (Å²) in [5, 5.41) is 5.94. The molecule has 0 aliphatic carbocycles. The Hall–Kier alpha value is -2.90.